The van der Waals surface area contributed by atoms with Gasteiger partial charge in [0.05, 0.1) is 6.61 Å². The van der Waals surface area contributed by atoms with Crippen LogP contribution in [0.3, 0.4) is 0 Å². The highest BCUT2D eigenvalue weighted by Crippen LogP contribution is 2.21. The zero-order valence-electron chi connectivity index (χ0n) is 7.04. The summed E-state index contributed by atoms with van der Waals surface area (Å²) in [5, 5.41) is 4.32. The molecule has 1 aromatic heterocycles. The summed E-state index contributed by atoms with van der Waals surface area (Å²) in [6.07, 6.45) is 1.16. The summed E-state index contributed by atoms with van der Waals surface area (Å²) in [5.74, 6) is 0.589. The van der Waals surface area contributed by atoms with Gasteiger partial charge in [0.15, 0.2) is 0 Å². The van der Waals surface area contributed by atoms with E-state index in [-0.39, 0.29) is 0 Å². The maximum atomic E-state index is 5.12. The van der Waals surface area contributed by atoms with E-state index in [4.69, 9.17) is 4.74 Å². The predicted octanol–water partition coefficient (Wildman–Crippen LogP) is 2.89. The van der Waals surface area contributed by atoms with Gasteiger partial charge in [0.25, 0.3) is 0 Å². The average molecular weight is 170 g/mol. The molecule has 0 aromatic carbocycles. The topological polar surface area (TPSA) is 9.23 Å². The van der Waals surface area contributed by atoms with Gasteiger partial charge in [-0.25, -0.2) is 0 Å². The van der Waals surface area contributed by atoms with E-state index in [0.29, 0.717) is 5.92 Å². The number of ether oxygens (including phenoxy) is 1. The Kier molecular flexibility index (Phi) is 3.60. The average Bonchev–Trinajstić information content (AvgIpc) is 2.52. The van der Waals surface area contributed by atoms with Crippen LogP contribution in [0.2, 0.25) is 0 Å². The molecule has 2 heteroatoms. The molecule has 0 aliphatic carbocycles. The van der Waals surface area contributed by atoms with Crippen LogP contribution in [0.4, 0.5) is 0 Å². The molecule has 0 aliphatic rings. The van der Waals surface area contributed by atoms with Gasteiger partial charge in [0.2, 0.25) is 0 Å². The minimum absolute atomic E-state index is 0.589. The third kappa shape index (κ3) is 2.31. The van der Waals surface area contributed by atoms with E-state index in [0.717, 1.165) is 13.0 Å². The van der Waals surface area contributed by atoms with Crippen molar-refractivity contribution in [2.24, 2.45) is 0 Å². The van der Waals surface area contributed by atoms with E-state index >= 15 is 0 Å². The summed E-state index contributed by atoms with van der Waals surface area (Å²) in [5.41, 5.74) is 1.42. The maximum absolute atomic E-state index is 5.12. The molecule has 1 rings (SSSR count). The van der Waals surface area contributed by atoms with Gasteiger partial charge in [0, 0.05) is 13.0 Å². The van der Waals surface area contributed by atoms with Crippen LogP contribution in [0.1, 0.15) is 24.8 Å². The van der Waals surface area contributed by atoms with Crippen molar-refractivity contribution < 1.29 is 4.74 Å². The first-order valence-electron chi connectivity index (χ1n) is 3.89. The van der Waals surface area contributed by atoms with Crippen LogP contribution in [-0.2, 0) is 4.74 Å². The van der Waals surface area contributed by atoms with Crippen molar-refractivity contribution in [3.05, 3.63) is 22.4 Å². The summed E-state index contributed by atoms with van der Waals surface area (Å²) < 4.78 is 5.12. The molecule has 0 amide bonds. The summed E-state index contributed by atoms with van der Waals surface area (Å²) in [7, 11) is 1.76. The molecule has 0 saturated carbocycles. The third-order valence-corrected chi connectivity index (χ3v) is 2.58. The smallest absolute Gasteiger partial charge is 0.0531 e. The molecule has 0 N–H and O–H groups in total. The first kappa shape index (κ1) is 8.75. The summed E-state index contributed by atoms with van der Waals surface area (Å²) in [6.45, 7) is 3.04. The predicted molar refractivity (Wildman–Crippen MR) is 49.2 cm³/mol. The molecule has 1 aromatic rings. The Bertz CT molecular complexity index is 181. The Hall–Kier alpha value is -0.340. The van der Waals surface area contributed by atoms with Crippen LogP contribution < -0.4 is 0 Å². The van der Waals surface area contributed by atoms with Gasteiger partial charge in [-0.1, -0.05) is 6.92 Å². The van der Waals surface area contributed by atoms with Gasteiger partial charge in [-0.05, 0) is 28.8 Å². The highest BCUT2D eigenvalue weighted by atomic mass is 32.1. The van der Waals surface area contributed by atoms with Crippen molar-refractivity contribution in [2.45, 2.75) is 19.3 Å². The van der Waals surface area contributed by atoms with Gasteiger partial charge >= 0.3 is 0 Å². The molecule has 1 nitrogen and oxygen atoms in total. The molecular weight excluding hydrogens is 156 g/mol. The van der Waals surface area contributed by atoms with Crippen molar-refractivity contribution in [3.8, 4) is 0 Å². The molecule has 0 spiro atoms. The lowest BCUT2D eigenvalue weighted by atomic mass is 10.0. The Morgan fingerprint density at radius 2 is 2.45 bits per heavy atom. The lowest BCUT2D eigenvalue weighted by Crippen LogP contribution is -2.03. The maximum Gasteiger partial charge on any atom is 0.0531 e. The van der Waals surface area contributed by atoms with Gasteiger partial charge < -0.3 is 4.74 Å². The molecule has 1 unspecified atom stereocenters. The molecule has 0 aliphatic heterocycles. The highest BCUT2D eigenvalue weighted by Gasteiger charge is 2.07. The monoisotopic (exact) mass is 170 g/mol. The highest BCUT2D eigenvalue weighted by molar-refractivity contribution is 7.07. The standard InChI is InChI=1S/C9H14OS/c1-3-8(6-10-2)9-4-5-11-7-9/h4-5,7-8H,3,6H2,1-2H3. The van der Waals surface area contributed by atoms with Gasteiger partial charge in [-0.15, -0.1) is 0 Å². The van der Waals surface area contributed by atoms with E-state index < -0.39 is 0 Å². The Labute approximate surface area is 72.0 Å². The Morgan fingerprint density at radius 3 is 2.91 bits per heavy atom. The second kappa shape index (κ2) is 4.52. The van der Waals surface area contributed by atoms with Crippen LogP contribution in [0.5, 0.6) is 0 Å². The molecule has 1 atom stereocenters. The first-order valence-corrected chi connectivity index (χ1v) is 4.83. The van der Waals surface area contributed by atoms with E-state index in [1.165, 1.54) is 5.56 Å². The first-order chi connectivity index (χ1) is 5.38. The van der Waals surface area contributed by atoms with Crippen LogP contribution in [0.15, 0.2) is 16.8 Å². The number of hydrogen-bond acceptors (Lipinski definition) is 2. The summed E-state index contributed by atoms with van der Waals surface area (Å²) >= 11 is 1.75. The van der Waals surface area contributed by atoms with Crippen LogP contribution >= 0.6 is 11.3 Å². The van der Waals surface area contributed by atoms with Crippen molar-refractivity contribution in [1.82, 2.24) is 0 Å². The molecular formula is C9H14OS. The normalized spacial score (nSPS) is 13.3. The number of methoxy groups -OCH3 is 1. The van der Waals surface area contributed by atoms with E-state index in [1.54, 1.807) is 18.4 Å². The lowest BCUT2D eigenvalue weighted by Gasteiger charge is -2.10. The molecule has 0 bridgehead atoms. The second-order valence-electron chi connectivity index (χ2n) is 2.62. The summed E-state index contributed by atoms with van der Waals surface area (Å²) in [6, 6.07) is 2.18. The molecule has 62 valence electrons. The van der Waals surface area contributed by atoms with Gasteiger partial charge in [-0.3, -0.25) is 0 Å². The van der Waals surface area contributed by atoms with E-state index in [9.17, 15) is 0 Å². The minimum Gasteiger partial charge on any atom is -0.384 e. The second-order valence-corrected chi connectivity index (χ2v) is 3.40. The van der Waals surface area contributed by atoms with Crippen LogP contribution in [0, 0.1) is 0 Å². The molecule has 0 radical (unpaired) electrons. The zero-order chi connectivity index (χ0) is 8.10. The number of hydrogen-bond donors (Lipinski definition) is 0. The fourth-order valence-corrected chi connectivity index (χ4v) is 1.90. The quantitative estimate of drug-likeness (QED) is 0.675. The SMILES string of the molecule is CCC(COC)c1ccsc1. The molecule has 0 saturated heterocycles. The number of rotatable bonds is 4. The fraction of sp³-hybridized carbons (Fsp3) is 0.556. The lowest BCUT2D eigenvalue weighted by molar-refractivity contribution is 0.177. The zero-order valence-corrected chi connectivity index (χ0v) is 7.86. The summed E-state index contributed by atoms with van der Waals surface area (Å²) in [4.78, 5) is 0. The minimum atomic E-state index is 0.589. The van der Waals surface area contributed by atoms with Crippen molar-refractivity contribution >= 4 is 11.3 Å². The van der Waals surface area contributed by atoms with Crippen LogP contribution in [-0.4, -0.2) is 13.7 Å². The fourth-order valence-electron chi connectivity index (χ4n) is 1.16. The third-order valence-electron chi connectivity index (χ3n) is 1.88. The van der Waals surface area contributed by atoms with Crippen molar-refractivity contribution in [1.29, 1.82) is 0 Å². The number of thiophene rings is 1. The molecule has 11 heavy (non-hydrogen) atoms. The van der Waals surface area contributed by atoms with Crippen LogP contribution in [0.25, 0.3) is 0 Å². The molecule has 0 fully saturated rings. The van der Waals surface area contributed by atoms with E-state index in [1.807, 2.05) is 0 Å². The van der Waals surface area contributed by atoms with Crippen molar-refractivity contribution in [2.75, 3.05) is 13.7 Å². The Morgan fingerprint density at radius 1 is 1.64 bits per heavy atom. The molecule has 1 heterocycles. The van der Waals surface area contributed by atoms with Crippen molar-refractivity contribution in [3.63, 3.8) is 0 Å². The van der Waals surface area contributed by atoms with Gasteiger partial charge in [-0.2, -0.15) is 11.3 Å². The largest absolute Gasteiger partial charge is 0.384 e. The Balaban J connectivity index is 2.56. The van der Waals surface area contributed by atoms with E-state index in [2.05, 4.69) is 23.8 Å². The van der Waals surface area contributed by atoms with Gasteiger partial charge in [0.1, 0.15) is 0 Å².